The van der Waals surface area contributed by atoms with Crippen molar-refractivity contribution >= 4 is 23.2 Å². The van der Waals surface area contributed by atoms with E-state index in [-0.39, 0.29) is 5.91 Å². The zero-order valence-electron chi connectivity index (χ0n) is 12.1. The third-order valence-corrected chi connectivity index (χ3v) is 3.96. The van der Waals surface area contributed by atoms with Crippen LogP contribution in [-0.4, -0.2) is 30.4 Å². The van der Waals surface area contributed by atoms with E-state index in [0.29, 0.717) is 10.6 Å². The fourth-order valence-corrected chi connectivity index (χ4v) is 2.83. The molecule has 1 saturated heterocycles. The number of amides is 1. The Morgan fingerprint density at radius 2 is 1.85 bits per heavy atom. The van der Waals surface area contributed by atoms with Crippen LogP contribution in [-0.2, 0) is 0 Å². The minimum atomic E-state index is 0.102. The second kappa shape index (κ2) is 7.53. The Morgan fingerprint density at radius 1 is 1.20 bits per heavy atom. The standard InChI is InChI=1S/C16H23ClN2O/c1-2-18-15-9-8-13(17)12-14(15)16(20)19-10-6-4-3-5-7-11-19/h8-9,12,18H,2-7,10-11H2,1H3. The fraction of sp³-hybridized carbons (Fsp3) is 0.562. The summed E-state index contributed by atoms with van der Waals surface area (Å²) in [4.78, 5) is 14.7. The van der Waals surface area contributed by atoms with Gasteiger partial charge in [0.1, 0.15) is 0 Å². The van der Waals surface area contributed by atoms with Crippen LogP contribution in [0.25, 0.3) is 0 Å². The van der Waals surface area contributed by atoms with E-state index in [9.17, 15) is 4.79 Å². The molecule has 1 aromatic carbocycles. The molecule has 1 heterocycles. The van der Waals surface area contributed by atoms with Crippen LogP contribution in [0.4, 0.5) is 5.69 Å². The van der Waals surface area contributed by atoms with E-state index in [4.69, 9.17) is 11.6 Å². The number of hydrogen-bond acceptors (Lipinski definition) is 2. The van der Waals surface area contributed by atoms with E-state index in [2.05, 4.69) is 5.32 Å². The molecular formula is C16H23ClN2O. The maximum absolute atomic E-state index is 12.7. The van der Waals surface area contributed by atoms with E-state index in [1.165, 1.54) is 19.3 Å². The van der Waals surface area contributed by atoms with Crippen LogP contribution in [0.1, 0.15) is 49.4 Å². The lowest BCUT2D eigenvalue weighted by Crippen LogP contribution is -2.34. The van der Waals surface area contributed by atoms with E-state index in [1.54, 1.807) is 6.07 Å². The molecule has 1 fully saturated rings. The Hall–Kier alpha value is -1.22. The van der Waals surface area contributed by atoms with E-state index >= 15 is 0 Å². The molecule has 2 rings (SSSR count). The number of halogens is 1. The van der Waals surface area contributed by atoms with Crippen LogP contribution >= 0.6 is 11.6 Å². The van der Waals surface area contributed by atoms with Crippen molar-refractivity contribution in [3.05, 3.63) is 28.8 Å². The van der Waals surface area contributed by atoms with E-state index < -0.39 is 0 Å². The molecule has 1 aromatic rings. The fourth-order valence-electron chi connectivity index (χ4n) is 2.66. The first kappa shape index (κ1) is 15.2. The normalized spacial score (nSPS) is 16.4. The average Bonchev–Trinajstić information content (AvgIpc) is 2.40. The van der Waals surface area contributed by atoms with Gasteiger partial charge in [0.2, 0.25) is 0 Å². The molecule has 1 amide bonds. The largest absolute Gasteiger partial charge is 0.385 e. The van der Waals surface area contributed by atoms with Gasteiger partial charge in [-0.1, -0.05) is 30.9 Å². The van der Waals surface area contributed by atoms with Crippen molar-refractivity contribution in [3.63, 3.8) is 0 Å². The number of anilines is 1. The van der Waals surface area contributed by atoms with Gasteiger partial charge < -0.3 is 10.2 Å². The number of carbonyl (C=O) groups excluding carboxylic acids is 1. The molecule has 0 bridgehead atoms. The highest BCUT2D eigenvalue weighted by Crippen LogP contribution is 2.23. The molecule has 3 nitrogen and oxygen atoms in total. The first-order valence-corrected chi connectivity index (χ1v) is 7.93. The van der Waals surface area contributed by atoms with Gasteiger partial charge in [0.05, 0.1) is 5.56 Å². The number of rotatable bonds is 3. The smallest absolute Gasteiger partial charge is 0.256 e. The Balaban J connectivity index is 2.19. The van der Waals surface area contributed by atoms with Crippen LogP contribution in [0.5, 0.6) is 0 Å². The summed E-state index contributed by atoms with van der Waals surface area (Å²) in [7, 11) is 0. The third-order valence-electron chi connectivity index (χ3n) is 3.72. The Bertz CT molecular complexity index is 454. The third kappa shape index (κ3) is 3.89. The van der Waals surface area contributed by atoms with Gasteiger partial charge >= 0.3 is 0 Å². The van der Waals surface area contributed by atoms with Gasteiger partial charge in [0.15, 0.2) is 0 Å². The number of likely N-dealkylation sites (tertiary alicyclic amines) is 1. The lowest BCUT2D eigenvalue weighted by Gasteiger charge is -2.26. The molecule has 1 N–H and O–H groups in total. The molecule has 0 unspecified atom stereocenters. The van der Waals surface area contributed by atoms with Crippen molar-refractivity contribution in [3.8, 4) is 0 Å². The van der Waals surface area contributed by atoms with Crippen molar-refractivity contribution < 1.29 is 4.79 Å². The molecule has 0 aliphatic carbocycles. The zero-order chi connectivity index (χ0) is 14.4. The summed E-state index contributed by atoms with van der Waals surface area (Å²) in [6.45, 7) is 4.54. The predicted molar refractivity (Wildman–Crippen MR) is 84.6 cm³/mol. The highest BCUT2D eigenvalue weighted by Gasteiger charge is 2.19. The minimum absolute atomic E-state index is 0.102. The number of benzene rings is 1. The number of nitrogens with zero attached hydrogens (tertiary/aromatic N) is 1. The monoisotopic (exact) mass is 294 g/mol. The molecule has 4 heteroatoms. The SMILES string of the molecule is CCNc1ccc(Cl)cc1C(=O)N1CCCCCCC1. The summed E-state index contributed by atoms with van der Waals surface area (Å²) in [5, 5.41) is 3.86. The second-order valence-corrected chi connectivity index (χ2v) is 5.72. The van der Waals surface area contributed by atoms with Gasteiger partial charge in [-0.15, -0.1) is 0 Å². The van der Waals surface area contributed by atoms with Crippen molar-refractivity contribution in [1.29, 1.82) is 0 Å². The molecular weight excluding hydrogens is 272 g/mol. The number of hydrogen-bond donors (Lipinski definition) is 1. The van der Waals surface area contributed by atoms with Gasteiger partial charge in [-0.05, 0) is 38.0 Å². The minimum Gasteiger partial charge on any atom is -0.385 e. The summed E-state index contributed by atoms with van der Waals surface area (Å²) < 4.78 is 0. The predicted octanol–water partition coefficient (Wildman–Crippen LogP) is 4.18. The van der Waals surface area contributed by atoms with Crippen LogP contribution < -0.4 is 5.32 Å². The Kier molecular flexibility index (Phi) is 5.72. The first-order chi connectivity index (χ1) is 9.72. The molecule has 1 aliphatic heterocycles. The first-order valence-electron chi connectivity index (χ1n) is 7.55. The van der Waals surface area contributed by atoms with Crippen molar-refractivity contribution in [2.24, 2.45) is 0 Å². The maximum Gasteiger partial charge on any atom is 0.256 e. The van der Waals surface area contributed by atoms with E-state index in [0.717, 1.165) is 38.2 Å². The zero-order valence-corrected chi connectivity index (χ0v) is 12.9. The van der Waals surface area contributed by atoms with Crippen LogP contribution in [0.15, 0.2) is 18.2 Å². The quantitative estimate of drug-likeness (QED) is 0.907. The topological polar surface area (TPSA) is 32.3 Å². The lowest BCUT2D eigenvalue weighted by molar-refractivity contribution is 0.0743. The molecule has 0 saturated carbocycles. The van der Waals surface area contributed by atoms with Gasteiger partial charge in [-0.3, -0.25) is 4.79 Å². The molecule has 20 heavy (non-hydrogen) atoms. The average molecular weight is 295 g/mol. The van der Waals surface area contributed by atoms with Crippen LogP contribution in [0.3, 0.4) is 0 Å². The molecule has 0 atom stereocenters. The van der Waals surface area contributed by atoms with Crippen LogP contribution in [0.2, 0.25) is 5.02 Å². The molecule has 0 radical (unpaired) electrons. The second-order valence-electron chi connectivity index (χ2n) is 5.28. The number of carbonyl (C=O) groups is 1. The van der Waals surface area contributed by atoms with Crippen molar-refractivity contribution in [2.45, 2.75) is 39.0 Å². The molecule has 110 valence electrons. The Morgan fingerprint density at radius 3 is 2.50 bits per heavy atom. The van der Waals surface area contributed by atoms with Crippen LogP contribution in [0, 0.1) is 0 Å². The van der Waals surface area contributed by atoms with Gasteiger partial charge in [-0.25, -0.2) is 0 Å². The molecule has 0 spiro atoms. The van der Waals surface area contributed by atoms with Gasteiger partial charge in [0.25, 0.3) is 5.91 Å². The van der Waals surface area contributed by atoms with E-state index in [1.807, 2.05) is 24.0 Å². The summed E-state index contributed by atoms with van der Waals surface area (Å²) in [5.41, 5.74) is 1.57. The summed E-state index contributed by atoms with van der Waals surface area (Å²) in [6.07, 6.45) is 5.94. The summed E-state index contributed by atoms with van der Waals surface area (Å²) in [6, 6.07) is 5.49. The molecule has 0 aromatic heterocycles. The lowest BCUT2D eigenvalue weighted by atomic mass is 10.1. The van der Waals surface area contributed by atoms with Gasteiger partial charge in [0, 0.05) is 30.3 Å². The highest BCUT2D eigenvalue weighted by molar-refractivity contribution is 6.31. The molecule has 1 aliphatic rings. The summed E-state index contributed by atoms with van der Waals surface area (Å²) in [5.74, 6) is 0.102. The van der Waals surface area contributed by atoms with Gasteiger partial charge in [-0.2, -0.15) is 0 Å². The van der Waals surface area contributed by atoms with Crippen molar-refractivity contribution in [2.75, 3.05) is 25.0 Å². The maximum atomic E-state index is 12.7. The summed E-state index contributed by atoms with van der Waals surface area (Å²) >= 11 is 6.06. The Labute approximate surface area is 126 Å². The van der Waals surface area contributed by atoms with Crippen molar-refractivity contribution in [1.82, 2.24) is 4.90 Å². The highest BCUT2D eigenvalue weighted by atomic mass is 35.5. The number of nitrogens with one attached hydrogen (secondary N) is 1.